The first-order valence-corrected chi connectivity index (χ1v) is 8.26. The Bertz CT molecular complexity index is 745. The average Bonchev–Trinajstić information content (AvgIpc) is 2.58. The average molecular weight is 341 g/mol. The third-order valence-electron chi connectivity index (χ3n) is 3.10. The minimum Gasteiger partial charge on any atom is -0.457 e. The molecule has 0 saturated heterocycles. The van der Waals surface area contributed by atoms with E-state index in [-0.39, 0.29) is 11.8 Å². The number of amides is 1. The largest absolute Gasteiger partial charge is 0.457 e. The standard InChI is InChI=1S/C18H19N3O2S/c1-13-10-15(23-14-6-4-3-5-7-14)8-9-16(13)21-18(22)17(11-20-2)24-12-19/h3-11H,2,12,19H2,1H3,(H,21,22)/b17-11-. The molecule has 2 rings (SSSR count). The maximum Gasteiger partial charge on any atom is 0.263 e. The van der Waals surface area contributed by atoms with E-state index in [1.54, 1.807) is 12.1 Å². The first-order chi connectivity index (χ1) is 11.6. The van der Waals surface area contributed by atoms with Crippen LogP contribution in [0.15, 0.2) is 64.6 Å². The molecule has 6 heteroatoms. The van der Waals surface area contributed by atoms with Gasteiger partial charge >= 0.3 is 0 Å². The van der Waals surface area contributed by atoms with Gasteiger partial charge in [-0.25, -0.2) is 0 Å². The van der Waals surface area contributed by atoms with Gasteiger partial charge in [0.15, 0.2) is 0 Å². The second kappa shape index (κ2) is 8.90. The molecule has 5 nitrogen and oxygen atoms in total. The Hall–Kier alpha value is -2.57. The van der Waals surface area contributed by atoms with Crippen molar-refractivity contribution in [2.24, 2.45) is 10.7 Å². The number of ether oxygens (including phenoxy) is 1. The molecule has 2 aromatic rings. The van der Waals surface area contributed by atoms with E-state index in [2.05, 4.69) is 17.0 Å². The number of benzene rings is 2. The van der Waals surface area contributed by atoms with Crippen molar-refractivity contribution in [3.05, 3.63) is 65.2 Å². The second-order valence-corrected chi connectivity index (χ2v) is 5.89. The van der Waals surface area contributed by atoms with Crippen LogP contribution in [0.1, 0.15) is 5.56 Å². The van der Waals surface area contributed by atoms with E-state index in [0.29, 0.717) is 16.3 Å². The van der Waals surface area contributed by atoms with Gasteiger partial charge in [-0.1, -0.05) is 18.2 Å². The molecule has 0 bridgehead atoms. The molecule has 0 aromatic heterocycles. The predicted molar refractivity (Wildman–Crippen MR) is 101 cm³/mol. The van der Waals surface area contributed by atoms with Crippen molar-refractivity contribution in [3.63, 3.8) is 0 Å². The van der Waals surface area contributed by atoms with Crippen molar-refractivity contribution < 1.29 is 9.53 Å². The Morgan fingerprint density at radius 2 is 2.04 bits per heavy atom. The molecule has 0 unspecified atom stereocenters. The summed E-state index contributed by atoms with van der Waals surface area (Å²) >= 11 is 1.21. The van der Waals surface area contributed by atoms with Crippen LogP contribution in [0.2, 0.25) is 0 Å². The summed E-state index contributed by atoms with van der Waals surface area (Å²) in [7, 11) is 0. The zero-order valence-corrected chi connectivity index (χ0v) is 14.2. The van der Waals surface area contributed by atoms with Crippen LogP contribution in [-0.4, -0.2) is 18.5 Å². The van der Waals surface area contributed by atoms with Crippen molar-refractivity contribution >= 4 is 30.1 Å². The highest BCUT2D eigenvalue weighted by atomic mass is 32.2. The quantitative estimate of drug-likeness (QED) is 0.455. The maximum absolute atomic E-state index is 12.2. The summed E-state index contributed by atoms with van der Waals surface area (Å²) in [5.74, 6) is 1.49. The lowest BCUT2D eigenvalue weighted by Crippen LogP contribution is -2.14. The summed E-state index contributed by atoms with van der Waals surface area (Å²) in [5.41, 5.74) is 7.07. The number of para-hydroxylation sites is 1. The summed E-state index contributed by atoms with van der Waals surface area (Å²) in [6.07, 6.45) is 1.40. The third-order valence-corrected chi connectivity index (χ3v) is 3.86. The summed E-state index contributed by atoms with van der Waals surface area (Å²) in [5, 5.41) is 2.84. The first-order valence-electron chi connectivity index (χ1n) is 7.28. The zero-order valence-electron chi connectivity index (χ0n) is 13.4. The molecule has 0 spiro atoms. The zero-order chi connectivity index (χ0) is 17.4. The van der Waals surface area contributed by atoms with Crippen LogP contribution in [0.4, 0.5) is 5.69 Å². The highest BCUT2D eigenvalue weighted by molar-refractivity contribution is 8.03. The Morgan fingerprint density at radius 1 is 1.29 bits per heavy atom. The van der Waals surface area contributed by atoms with Gasteiger partial charge in [0.25, 0.3) is 5.91 Å². The minimum atomic E-state index is -0.266. The highest BCUT2D eigenvalue weighted by Gasteiger charge is 2.11. The van der Waals surface area contributed by atoms with Gasteiger partial charge in [0.1, 0.15) is 11.5 Å². The number of thioether (sulfide) groups is 1. The number of nitrogens with one attached hydrogen (secondary N) is 1. The molecule has 1 amide bonds. The smallest absolute Gasteiger partial charge is 0.263 e. The van der Waals surface area contributed by atoms with Gasteiger partial charge in [0.2, 0.25) is 0 Å². The number of anilines is 1. The fraction of sp³-hybridized carbons (Fsp3) is 0.111. The summed E-state index contributed by atoms with van der Waals surface area (Å²) in [6.45, 7) is 5.27. The number of aryl methyl sites for hydroxylation is 1. The van der Waals surface area contributed by atoms with E-state index >= 15 is 0 Å². The van der Waals surface area contributed by atoms with Gasteiger partial charge in [-0.05, 0) is 49.5 Å². The summed E-state index contributed by atoms with van der Waals surface area (Å²) in [6, 6.07) is 15.0. The number of nitrogens with two attached hydrogens (primary N) is 1. The second-order valence-electron chi connectivity index (χ2n) is 4.83. The fourth-order valence-corrected chi connectivity index (χ4v) is 2.49. The summed E-state index contributed by atoms with van der Waals surface area (Å²) < 4.78 is 5.78. The number of hydrogen-bond donors (Lipinski definition) is 2. The minimum absolute atomic E-state index is 0.266. The molecule has 124 valence electrons. The molecular weight excluding hydrogens is 322 g/mol. The molecule has 0 aliphatic heterocycles. The molecule has 0 radical (unpaired) electrons. The van der Waals surface area contributed by atoms with Crippen LogP contribution in [-0.2, 0) is 4.79 Å². The number of rotatable bonds is 7. The molecule has 3 N–H and O–H groups in total. The molecule has 0 fully saturated rings. The van der Waals surface area contributed by atoms with E-state index in [9.17, 15) is 4.79 Å². The van der Waals surface area contributed by atoms with E-state index in [1.165, 1.54) is 18.0 Å². The number of hydrogen-bond acceptors (Lipinski definition) is 5. The van der Waals surface area contributed by atoms with E-state index in [0.717, 1.165) is 11.3 Å². The Morgan fingerprint density at radius 3 is 2.67 bits per heavy atom. The van der Waals surface area contributed by atoms with Gasteiger partial charge in [-0.3, -0.25) is 9.79 Å². The molecule has 0 aliphatic rings. The normalized spacial score (nSPS) is 11.0. The monoisotopic (exact) mass is 341 g/mol. The lowest BCUT2D eigenvalue weighted by atomic mass is 10.2. The van der Waals surface area contributed by atoms with Crippen LogP contribution in [0.25, 0.3) is 0 Å². The van der Waals surface area contributed by atoms with Crippen LogP contribution < -0.4 is 15.8 Å². The van der Waals surface area contributed by atoms with Gasteiger partial charge in [-0.15, -0.1) is 11.8 Å². The van der Waals surface area contributed by atoms with Gasteiger partial charge in [0.05, 0.1) is 4.91 Å². The highest BCUT2D eigenvalue weighted by Crippen LogP contribution is 2.26. The summed E-state index contributed by atoms with van der Waals surface area (Å²) in [4.78, 5) is 16.3. The van der Waals surface area contributed by atoms with Crippen molar-refractivity contribution in [1.82, 2.24) is 0 Å². The lowest BCUT2D eigenvalue weighted by Gasteiger charge is -2.12. The van der Waals surface area contributed by atoms with Crippen LogP contribution >= 0.6 is 11.8 Å². The Labute approximate surface area is 145 Å². The Kier molecular flexibility index (Phi) is 6.60. The third kappa shape index (κ3) is 4.97. The topological polar surface area (TPSA) is 76.7 Å². The predicted octanol–water partition coefficient (Wildman–Crippen LogP) is 3.92. The van der Waals surface area contributed by atoms with Gasteiger partial charge in [-0.2, -0.15) is 0 Å². The maximum atomic E-state index is 12.2. The van der Waals surface area contributed by atoms with E-state index in [4.69, 9.17) is 10.5 Å². The van der Waals surface area contributed by atoms with Crippen molar-refractivity contribution in [2.45, 2.75) is 6.92 Å². The van der Waals surface area contributed by atoms with Crippen LogP contribution in [0, 0.1) is 6.92 Å². The van der Waals surface area contributed by atoms with E-state index < -0.39 is 0 Å². The molecular formula is C18H19N3O2S. The molecule has 0 heterocycles. The van der Waals surface area contributed by atoms with Crippen molar-refractivity contribution in [1.29, 1.82) is 0 Å². The molecule has 0 aliphatic carbocycles. The van der Waals surface area contributed by atoms with Crippen LogP contribution in [0.3, 0.4) is 0 Å². The van der Waals surface area contributed by atoms with E-state index in [1.807, 2.05) is 43.3 Å². The van der Waals surface area contributed by atoms with Crippen molar-refractivity contribution in [3.8, 4) is 11.5 Å². The van der Waals surface area contributed by atoms with Gasteiger partial charge < -0.3 is 15.8 Å². The number of nitrogens with zero attached hydrogens (tertiary/aromatic N) is 1. The SMILES string of the molecule is C=N/C=C(\SCN)C(=O)Nc1ccc(Oc2ccccc2)cc1C. The number of aliphatic imine (C=N–C) groups is 1. The molecule has 2 aromatic carbocycles. The van der Waals surface area contributed by atoms with Gasteiger partial charge in [0, 0.05) is 17.8 Å². The molecule has 0 atom stereocenters. The first kappa shape index (κ1) is 17.8. The number of carbonyl (C=O) groups is 1. The van der Waals surface area contributed by atoms with Crippen LogP contribution in [0.5, 0.6) is 11.5 Å². The fourth-order valence-electron chi connectivity index (χ4n) is 1.98. The van der Waals surface area contributed by atoms with Crippen molar-refractivity contribution in [2.75, 3.05) is 11.2 Å². The molecule has 0 saturated carbocycles. The molecule has 24 heavy (non-hydrogen) atoms. The Balaban J connectivity index is 2.10. The number of carbonyl (C=O) groups excluding carboxylic acids is 1. The lowest BCUT2D eigenvalue weighted by molar-refractivity contribution is -0.112.